The standard InChI is InChI=1S/C6H5BClO3/c8-4-2-1-3-5(6(4)9)11-7-10/h1-3,9-10H. The highest BCUT2D eigenvalue weighted by molar-refractivity contribution is 6.32. The number of rotatable bonds is 2. The predicted octanol–water partition coefficient (Wildman–Crippen LogP) is 0.951. The van der Waals surface area contributed by atoms with Gasteiger partial charge in [-0.15, -0.1) is 0 Å². The molecule has 2 N–H and O–H groups in total. The first-order chi connectivity index (χ1) is 5.25. The summed E-state index contributed by atoms with van der Waals surface area (Å²) in [4.78, 5) is 0. The van der Waals surface area contributed by atoms with Gasteiger partial charge in [0, 0.05) is 0 Å². The lowest BCUT2D eigenvalue weighted by molar-refractivity contribution is 0.410. The van der Waals surface area contributed by atoms with Crippen molar-refractivity contribution >= 4 is 19.3 Å². The van der Waals surface area contributed by atoms with E-state index >= 15 is 0 Å². The Bertz CT molecular complexity index is 254. The lowest BCUT2D eigenvalue weighted by Gasteiger charge is -2.04. The summed E-state index contributed by atoms with van der Waals surface area (Å²) in [6, 6.07) is 4.59. The molecule has 11 heavy (non-hydrogen) atoms. The molecule has 0 fully saturated rings. The van der Waals surface area contributed by atoms with Crippen molar-refractivity contribution in [3.8, 4) is 11.5 Å². The minimum Gasteiger partial charge on any atom is -0.535 e. The summed E-state index contributed by atoms with van der Waals surface area (Å²) >= 11 is 5.52. The second kappa shape index (κ2) is 3.50. The van der Waals surface area contributed by atoms with Crippen LogP contribution in [0.2, 0.25) is 5.02 Å². The lowest BCUT2D eigenvalue weighted by Crippen LogP contribution is -1.99. The van der Waals surface area contributed by atoms with E-state index in [1.807, 2.05) is 0 Å². The van der Waals surface area contributed by atoms with Crippen LogP contribution in [-0.4, -0.2) is 17.8 Å². The van der Waals surface area contributed by atoms with Gasteiger partial charge in [0.15, 0.2) is 5.75 Å². The molecule has 0 unspecified atom stereocenters. The average Bonchev–Trinajstić information content (AvgIpc) is 1.99. The van der Waals surface area contributed by atoms with Crippen LogP contribution in [0.4, 0.5) is 0 Å². The molecule has 0 amide bonds. The molecule has 0 bridgehead atoms. The van der Waals surface area contributed by atoms with Crippen molar-refractivity contribution in [3.63, 3.8) is 0 Å². The summed E-state index contributed by atoms with van der Waals surface area (Å²) < 4.78 is 4.51. The average molecular weight is 171 g/mol. The molecule has 0 aliphatic heterocycles. The summed E-state index contributed by atoms with van der Waals surface area (Å²) in [6.07, 6.45) is 0. The zero-order valence-corrected chi connectivity index (χ0v) is 6.25. The summed E-state index contributed by atoms with van der Waals surface area (Å²) in [6.45, 7) is 0. The first kappa shape index (κ1) is 8.23. The Morgan fingerprint density at radius 1 is 1.45 bits per heavy atom. The number of hydrogen-bond donors (Lipinski definition) is 2. The van der Waals surface area contributed by atoms with Gasteiger partial charge in [0.2, 0.25) is 0 Å². The molecule has 0 spiro atoms. The van der Waals surface area contributed by atoms with Crippen molar-refractivity contribution in [3.05, 3.63) is 23.2 Å². The van der Waals surface area contributed by atoms with Gasteiger partial charge in [-0.2, -0.15) is 0 Å². The number of phenols is 1. The molecule has 0 aliphatic carbocycles. The quantitative estimate of drug-likeness (QED) is 0.652. The zero-order chi connectivity index (χ0) is 8.27. The second-order valence-corrected chi connectivity index (χ2v) is 2.22. The SMILES string of the molecule is O[B]Oc1cccc(Cl)c1O. The molecular weight excluding hydrogens is 166 g/mol. The lowest BCUT2D eigenvalue weighted by atomic mass is 10.3. The van der Waals surface area contributed by atoms with Crippen LogP contribution in [0.1, 0.15) is 0 Å². The van der Waals surface area contributed by atoms with Gasteiger partial charge in [0.05, 0.1) is 5.02 Å². The Balaban J connectivity index is 2.96. The summed E-state index contributed by atoms with van der Waals surface area (Å²) in [5.74, 6) is -0.0560. The Kier molecular flexibility index (Phi) is 2.62. The van der Waals surface area contributed by atoms with Gasteiger partial charge in [-0.25, -0.2) is 0 Å². The molecule has 1 aromatic rings. The van der Waals surface area contributed by atoms with Crippen LogP contribution < -0.4 is 4.65 Å². The van der Waals surface area contributed by atoms with E-state index in [0.717, 1.165) is 0 Å². The molecule has 5 heteroatoms. The van der Waals surface area contributed by atoms with Gasteiger partial charge in [-0.1, -0.05) is 17.7 Å². The van der Waals surface area contributed by atoms with Gasteiger partial charge in [-0.3, -0.25) is 0 Å². The summed E-state index contributed by atoms with van der Waals surface area (Å²) in [5, 5.41) is 17.6. The molecule has 0 heterocycles. The Morgan fingerprint density at radius 3 is 2.82 bits per heavy atom. The van der Waals surface area contributed by atoms with Crippen LogP contribution in [-0.2, 0) is 0 Å². The number of phenolic OH excluding ortho intramolecular Hbond substituents is 1. The number of aromatic hydroxyl groups is 1. The van der Waals surface area contributed by atoms with Crippen LogP contribution >= 0.6 is 11.6 Å². The molecule has 0 aliphatic rings. The third-order valence-corrected chi connectivity index (χ3v) is 1.43. The third-order valence-electron chi connectivity index (χ3n) is 1.13. The van der Waals surface area contributed by atoms with E-state index in [-0.39, 0.29) is 16.5 Å². The normalized spacial score (nSPS) is 9.27. The zero-order valence-electron chi connectivity index (χ0n) is 5.49. The maximum Gasteiger partial charge on any atom is 0.569 e. The fourth-order valence-electron chi connectivity index (χ4n) is 0.647. The van der Waals surface area contributed by atoms with Crippen LogP contribution in [0.15, 0.2) is 18.2 Å². The Hall–Kier alpha value is -0.865. The molecule has 1 radical (unpaired) electrons. The maximum atomic E-state index is 9.14. The second-order valence-electron chi connectivity index (χ2n) is 1.81. The van der Waals surface area contributed by atoms with E-state index < -0.39 is 0 Å². The molecule has 1 aromatic carbocycles. The van der Waals surface area contributed by atoms with Crippen molar-refractivity contribution in [2.24, 2.45) is 0 Å². The van der Waals surface area contributed by atoms with E-state index in [4.69, 9.17) is 21.7 Å². The third kappa shape index (κ3) is 1.79. The highest BCUT2D eigenvalue weighted by Gasteiger charge is 2.05. The molecular formula is C6H5BClO3. The number of para-hydroxylation sites is 1. The van der Waals surface area contributed by atoms with Crippen LogP contribution in [0, 0.1) is 0 Å². The summed E-state index contributed by atoms with van der Waals surface area (Å²) in [5.41, 5.74) is 0. The van der Waals surface area contributed by atoms with Crippen LogP contribution in [0.3, 0.4) is 0 Å². The van der Waals surface area contributed by atoms with E-state index in [1.165, 1.54) is 12.1 Å². The first-order valence-electron chi connectivity index (χ1n) is 2.85. The fraction of sp³-hybridized carbons (Fsp3) is 0. The first-order valence-corrected chi connectivity index (χ1v) is 3.23. The highest BCUT2D eigenvalue weighted by Crippen LogP contribution is 2.32. The van der Waals surface area contributed by atoms with Gasteiger partial charge >= 0.3 is 7.69 Å². The predicted molar refractivity (Wildman–Crippen MR) is 41.7 cm³/mol. The van der Waals surface area contributed by atoms with Crippen LogP contribution in [0.25, 0.3) is 0 Å². The summed E-state index contributed by atoms with van der Waals surface area (Å²) in [7, 11) is 0.478. The van der Waals surface area contributed by atoms with Gasteiger partial charge in [-0.05, 0) is 12.1 Å². The molecule has 0 atom stereocenters. The highest BCUT2D eigenvalue weighted by atomic mass is 35.5. The van der Waals surface area contributed by atoms with E-state index in [0.29, 0.717) is 7.69 Å². The Labute approximate surface area is 69.5 Å². The van der Waals surface area contributed by atoms with Gasteiger partial charge in [0.25, 0.3) is 0 Å². The van der Waals surface area contributed by atoms with Crippen molar-refractivity contribution in [2.75, 3.05) is 0 Å². The van der Waals surface area contributed by atoms with Gasteiger partial charge in [0.1, 0.15) is 5.75 Å². The number of hydrogen-bond acceptors (Lipinski definition) is 3. The fourth-order valence-corrected chi connectivity index (χ4v) is 0.813. The van der Waals surface area contributed by atoms with E-state index in [1.54, 1.807) is 6.07 Å². The largest absolute Gasteiger partial charge is 0.569 e. The topological polar surface area (TPSA) is 49.7 Å². The van der Waals surface area contributed by atoms with Crippen molar-refractivity contribution in [1.82, 2.24) is 0 Å². The number of halogens is 1. The molecule has 0 saturated carbocycles. The van der Waals surface area contributed by atoms with E-state index in [9.17, 15) is 0 Å². The Morgan fingerprint density at radius 2 is 2.18 bits per heavy atom. The molecule has 0 aromatic heterocycles. The molecule has 3 nitrogen and oxygen atoms in total. The number of benzene rings is 1. The molecule has 57 valence electrons. The minimum atomic E-state index is -0.181. The maximum absolute atomic E-state index is 9.14. The monoisotopic (exact) mass is 171 g/mol. The molecule has 0 saturated heterocycles. The van der Waals surface area contributed by atoms with Crippen LogP contribution in [0.5, 0.6) is 11.5 Å². The minimum absolute atomic E-state index is 0.125. The van der Waals surface area contributed by atoms with Crippen molar-refractivity contribution < 1.29 is 14.8 Å². The molecule has 1 rings (SSSR count). The smallest absolute Gasteiger partial charge is 0.535 e. The van der Waals surface area contributed by atoms with Crippen molar-refractivity contribution in [2.45, 2.75) is 0 Å². The van der Waals surface area contributed by atoms with Gasteiger partial charge < -0.3 is 14.8 Å². The van der Waals surface area contributed by atoms with Crippen molar-refractivity contribution in [1.29, 1.82) is 0 Å². The van der Waals surface area contributed by atoms with E-state index in [2.05, 4.69) is 4.65 Å².